The number of carbonyl (C=O) groups is 1. The van der Waals surface area contributed by atoms with E-state index in [0.717, 1.165) is 10.1 Å². The molecule has 1 fully saturated rings. The fourth-order valence-electron chi connectivity index (χ4n) is 1.92. The van der Waals surface area contributed by atoms with Crippen LogP contribution in [0.5, 0.6) is 0 Å². The molecule has 2 rings (SSSR count). The maximum atomic E-state index is 11.9. The molecule has 1 aromatic carbocycles. The summed E-state index contributed by atoms with van der Waals surface area (Å²) >= 11 is 8.16. The number of aliphatic hydroxyl groups excluding tert-OH is 1. The molecule has 1 aromatic rings. The van der Waals surface area contributed by atoms with Crippen LogP contribution in [0.25, 0.3) is 0 Å². The number of hydrogen-bond donors (Lipinski definition) is 3. The molecule has 0 spiro atoms. The quantitative estimate of drug-likeness (QED) is 0.657. The lowest BCUT2D eigenvalue weighted by atomic mass is 10.1. The summed E-state index contributed by atoms with van der Waals surface area (Å²) in [6.45, 7) is 1.77. The van der Waals surface area contributed by atoms with Gasteiger partial charge in [0.1, 0.15) is 0 Å². The van der Waals surface area contributed by atoms with E-state index in [1.807, 2.05) is 6.07 Å². The van der Waals surface area contributed by atoms with E-state index < -0.39 is 6.10 Å². The van der Waals surface area contributed by atoms with Crippen molar-refractivity contribution in [2.24, 2.45) is 5.92 Å². The minimum atomic E-state index is -0.391. The average Bonchev–Trinajstić information content (AvgIpc) is 2.72. The summed E-state index contributed by atoms with van der Waals surface area (Å²) < 4.78 is 0.990. The molecule has 1 heterocycles. The van der Waals surface area contributed by atoms with Crippen LogP contribution in [0.15, 0.2) is 18.2 Å². The molecular weight excluding hydrogens is 402 g/mol. The van der Waals surface area contributed by atoms with Crippen LogP contribution in [0, 0.1) is 9.49 Å². The summed E-state index contributed by atoms with van der Waals surface area (Å²) in [7, 11) is 0. The molecule has 0 saturated carbocycles. The standard InChI is InChI=1S/C12H14ClIN2O2.ClH/c13-10-3-8(14)1-2-9(10)12(18)16-5-7-4-15-6-11(7)17;/h1-3,7,11,15,17H,4-6H2,(H,16,18);1H. The van der Waals surface area contributed by atoms with E-state index in [1.54, 1.807) is 12.1 Å². The van der Waals surface area contributed by atoms with Gasteiger partial charge in [-0.1, -0.05) is 11.6 Å². The molecule has 106 valence electrons. The third-order valence-electron chi connectivity index (χ3n) is 3.00. The zero-order chi connectivity index (χ0) is 13.1. The SMILES string of the molecule is Cl.O=C(NCC1CNCC1O)c1ccc(I)cc1Cl. The fourth-order valence-corrected chi connectivity index (χ4v) is 2.86. The van der Waals surface area contributed by atoms with Crippen LogP contribution in [0.2, 0.25) is 5.02 Å². The second kappa shape index (κ2) is 7.64. The van der Waals surface area contributed by atoms with Crippen molar-refractivity contribution >= 4 is 52.5 Å². The van der Waals surface area contributed by atoms with Crippen molar-refractivity contribution in [3.05, 3.63) is 32.4 Å². The highest BCUT2D eigenvalue weighted by Gasteiger charge is 2.25. The first-order chi connectivity index (χ1) is 8.58. The van der Waals surface area contributed by atoms with Gasteiger partial charge in [-0.3, -0.25) is 4.79 Å². The van der Waals surface area contributed by atoms with Crippen molar-refractivity contribution in [2.75, 3.05) is 19.6 Å². The van der Waals surface area contributed by atoms with E-state index in [-0.39, 0.29) is 24.2 Å². The van der Waals surface area contributed by atoms with Gasteiger partial charge in [-0.2, -0.15) is 0 Å². The van der Waals surface area contributed by atoms with Gasteiger partial charge in [0.05, 0.1) is 16.7 Å². The maximum absolute atomic E-state index is 11.9. The second-order valence-corrected chi connectivity index (χ2v) is 5.97. The number of nitrogens with one attached hydrogen (secondary N) is 2. The molecule has 2 unspecified atom stereocenters. The number of rotatable bonds is 3. The summed E-state index contributed by atoms with van der Waals surface area (Å²) in [5, 5.41) is 16.0. The van der Waals surface area contributed by atoms with Crippen LogP contribution < -0.4 is 10.6 Å². The molecule has 0 bridgehead atoms. The number of hydrogen-bond acceptors (Lipinski definition) is 3. The van der Waals surface area contributed by atoms with E-state index >= 15 is 0 Å². The zero-order valence-corrected chi connectivity index (χ0v) is 13.8. The first-order valence-electron chi connectivity index (χ1n) is 5.70. The molecule has 2 atom stereocenters. The Morgan fingerprint density at radius 3 is 2.84 bits per heavy atom. The van der Waals surface area contributed by atoms with Gasteiger partial charge in [-0.05, 0) is 40.8 Å². The van der Waals surface area contributed by atoms with E-state index in [4.69, 9.17) is 11.6 Å². The molecule has 7 heteroatoms. The van der Waals surface area contributed by atoms with Gasteiger partial charge in [0, 0.05) is 29.1 Å². The lowest BCUT2D eigenvalue weighted by Crippen LogP contribution is -2.34. The van der Waals surface area contributed by atoms with Crippen LogP contribution in [-0.2, 0) is 0 Å². The number of aliphatic hydroxyl groups is 1. The Balaban J connectivity index is 0.00000180. The van der Waals surface area contributed by atoms with Gasteiger partial charge in [0.15, 0.2) is 0 Å². The van der Waals surface area contributed by atoms with Gasteiger partial charge < -0.3 is 15.7 Å². The fraction of sp³-hybridized carbons (Fsp3) is 0.417. The van der Waals surface area contributed by atoms with Crippen molar-refractivity contribution in [3.63, 3.8) is 0 Å². The van der Waals surface area contributed by atoms with E-state index in [9.17, 15) is 9.90 Å². The van der Waals surface area contributed by atoms with Crippen LogP contribution in [0.3, 0.4) is 0 Å². The zero-order valence-electron chi connectivity index (χ0n) is 10.0. The number of β-amino-alcohol motifs (C(OH)–C–C–N with tert-alkyl or cyclic N) is 1. The van der Waals surface area contributed by atoms with Crippen molar-refractivity contribution in [1.29, 1.82) is 0 Å². The first kappa shape index (κ1) is 17.0. The first-order valence-corrected chi connectivity index (χ1v) is 7.15. The normalized spacial score (nSPS) is 21.8. The number of benzene rings is 1. The average molecular weight is 417 g/mol. The Kier molecular flexibility index (Phi) is 6.82. The smallest absolute Gasteiger partial charge is 0.252 e. The highest BCUT2D eigenvalue weighted by atomic mass is 127. The highest BCUT2D eigenvalue weighted by molar-refractivity contribution is 14.1. The van der Waals surface area contributed by atoms with Gasteiger partial charge in [0.2, 0.25) is 0 Å². The summed E-state index contributed by atoms with van der Waals surface area (Å²) in [5.74, 6) is -0.132. The topological polar surface area (TPSA) is 61.4 Å². The van der Waals surface area contributed by atoms with Gasteiger partial charge in [-0.15, -0.1) is 12.4 Å². The monoisotopic (exact) mass is 416 g/mol. The summed E-state index contributed by atoms with van der Waals surface area (Å²) in [4.78, 5) is 11.9. The molecule has 1 amide bonds. The summed E-state index contributed by atoms with van der Waals surface area (Å²) in [6, 6.07) is 5.30. The molecule has 19 heavy (non-hydrogen) atoms. The van der Waals surface area contributed by atoms with Crippen LogP contribution in [-0.4, -0.2) is 36.8 Å². The van der Waals surface area contributed by atoms with Crippen molar-refractivity contribution < 1.29 is 9.90 Å². The van der Waals surface area contributed by atoms with Crippen LogP contribution >= 0.6 is 46.6 Å². The van der Waals surface area contributed by atoms with Crippen LogP contribution in [0.1, 0.15) is 10.4 Å². The van der Waals surface area contributed by atoms with Crippen LogP contribution in [0.4, 0.5) is 0 Å². The van der Waals surface area contributed by atoms with Crippen molar-refractivity contribution in [2.45, 2.75) is 6.10 Å². The molecule has 0 aromatic heterocycles. The lowest BCUT2D eigenvalue weighted by Gasteiger charge is -2.14. The Morgan fingerprint density at radius 2 is 2.26 bits per heavy atom. The molecule has 1 aliphatic heterocycles. The Labute approximate surface area is 136 Å². The molecular formula is C12H15Cl2IN2O2. The molecule has 0 radical (unpaired) electrons. The van der Waals surface area contributed by atoms with E-state index in [1.165, 1.54) is 0 Å². The maximum Gasteiger partial charge on any atom is 0.252 e. The van der Waals surface area contributed by atoms with Gasteiger partial charge in [0.25, 0.3) is 5.91 Å². The minimum absolute atomic E-state index is 0. The van der Waals surface area contributed by atoms with Crippen molar-refractivity contribution in [3.8, 4) is 0 Å². The lowest BCUT2D eigenvalue weighted by molar-refractivity contribution is 0.0927. The minimum Gasteiger partial charge on any atom is -0.391 e. The van der Waals surface area contributed by atoms with Crippen molar-refractivity contribution in [1.82, 2.24) is 10.6 Å². The largest absolute Gasteiger partial charge is 0.391 e. The Bertz CT molecular complexity index is 459. The summed E-state index contributed by atoms with van der Waals surface area (Å²) in [6.07, 6.45) is -0.391. The third-order valence-corrected chi connectivity index (χ3v) is 3.99. The molecule has 3 N–H and O–H groups in total. The third kappa shape index (κ3) is 4.46. The Morgan fingerprint density at radius 1 is 1.53 bits per heavy atom. The summed E-state index contributed by atoms with van der Waals surface area (Å²) in [5.41, 5.74) is 0.470. The number of halogens is 3. The molecule has 0 aliphatic carbocycles. The number of carbonyl (C=O) groups excluding carboxylic acids is 1. The van der Waals surface area contributed by atoms with Gasteiger partial charge >= 0.3 is 0 Å². The Hall–Kier alpha value is -0.0800. The van der Waals surface area contributed by atoms with Gasteiger partial charge in [-0.25, -0.2) is 0 Å². The highest BCUT2D eigenvalue weighted by Crippen LogP contribution is 2.19. The molecule has 4 nitrogen and oxygen atoms in total. The molecule has 1 aliphatic rings. The van der Waals surface area contributed by atoms with E-state index in [2.05, 4.69) is 33.2 Å². The molecule has 1 saturated heterocycles. The predicted octanol–water partition coefficient (Wildman–Crippen LogP) is 1.68. The van der Waals surface area contributed by atoms with E-state index in [0.29, 0.717) is 23.7 Å². The number of amides is 1. The predicted molar refractivity (Wildman–Crippen MR) is 86.1 cm³/mol. The second-order valence-electron chi connectivity index (χ2n) is 4.32.